The smallest absolute Gasteiger partial charge is 0.0371 e. The maximum atomic E-state index is 6.15. The third-order valence-electron chi connectivity index (χ3n) is 3.87. The van der Waals surface area contributed by atoms with Crippen molar-refractivity contribution in [2.75, 3.05) is 18.0 Å². The molecular formula is C15H24N2. The summed E-state index contributed by atoms with van der Waals surface area (Å²) in [5, 5.41) is 0. The van der Waals surface area contributed by atoms with Crippen molar-refractivity contribution < 1.29 is 0 Å². The van der Waals surface area contributed by atoms with Crippen LogP contribution in [0.3, 0.4) is 0 Å². The predicted molar refractivity (Wildman–Crippen MR) is 74.5 cm³/mol. The number of anilines is 1. The molecule has 0 spiro atoms. The summed E-state index contributed by atoms with van der Waals surface area (Å²) < 4.78 is 0. The van der Waals surface area contributed by atoms with E-state index in [2.05, 4.69) is 43.9 Å². The van der Waals surface area contributed by atoms with Crippen molar-refractivity contribution in [2.45, 2.75) is 39.7 Å². The lowest BCUT2D eigenvalue weighted by Gasteiger charge is -2.22. The summed E-state index contributed by atoms with van der Waals surface area (Å²) in [4.78, 5) is 2.49. The second kappa shape index (κ2) is 5.09. The van der Waals surface area contributed by atoms with Crippen LogP contribution < -0.4 is 10.6 Å². The van der Waals surface area contributed by atoms with Crippen molar-refractivity contribution >= 4 is 5.69 Å². The van der Waals surface area contributed by atoms with Crippen molar-refractivity contribution in [1.29, 1.82) is 0 Å². The van der Waals surface area contributed by atoms with E-state index in [0.717, 1.165) is 19.5 Å². The van der Waals surface area contributed by atoms with Crippen LogP contribution in [0.2, 0.25) is 0 Å². The van der Waals surface area contributed by atoms with Gasteiger partial charge in [0.1, 0.15) is 0 Å². The van der Waals surface area contributed by atoms with E-state index < -0.39 is 0 Å². The molecule has 2 unspecified atom stereocenters. The van der Waals surface area contributed by atoms with Gasteiger partial charge in [-0.1, -0.05) is 13.0 Å². The van der Waals surface area contributed by atoms with Gasteiger partial charge in [-0.05, 0) is 55.9 Å². The Hall–Kier alpha value is -1.02. The Kier molecular flexibility index (Phi) is 3.72. The van der Waals surface area contributed by atoms with Gasteiger partial charge < -0.3 is 10.6 Å². The molecule has 1 aliphatic heterocycles. The molecular weight excluding hydrogens is 208 g/mol. The maximum Gasteiger partial charge on any atom is 0.0371 e. The fourth-order valence-electron chi connectivity index (χ4n) is 2.84. The van der Waals surface area contributed by atoms with Crippen molar-refractivity contribution in [1.82, 2.24) is 0 Å². The zero-order chi connectivity index (χ0) is 12.4. The normalized spacial score (nSPS) is 21.9. The van der Waals surface area contributed by atoms with E-state index in [1.807, 2.05) is 0 Å². The van der Waals surface area contributed by atoms with E-state index in [1.54, 1.807) is 0 Å². The van der Waals surface area contributed by atoms with E-state index in [4.69, 9.17) is 5.73 Å². The van der Waals surface area contributed by atoms with Crippen LogP contribution in [0.5, 0.6) is 0 Å². The Morgan fingerprint density at radius 2 is 1.94 bits per heavy atom. The van der Waals surface area contributed by atoms with Crippen molar-refractivity contribution in [3.05, 3.63) is 29.3 Å². The standard InChI is InChI=1S/C15H24N2/c1-4-15(16)13-5-6-17(10-13)14-8-11(2)7-12(3)9-14/h7-9,13,15H,4-6,10,16H2,1-3H3. The van der Waals surface area contributed by atoms with Gasteiger partial charge in [-0.3, -0.25) is 0 Å². The van der Waals surface area contributed by atoms with Gasteiger partial charge in [0, 0.05) is 24.8 Å². The predicted octanol–water partition coefficient (Wildman–Crippen LogP) is 2.87. The Morgan fingerprint density at radius 1 is 1.29 bits per heavy atom. The van der Waals surface area contributed by atoms with Gasteiger partial charge in [-0.25, -0.2) is 0 Å². The van der Waals surface area contributed by atoms with Gasteiger partial charge in [0.05, 0.1) is 0 Å². The summed E-state index contributed by atoms with van der Waals surface area (Å²) in [6.07, 6.45) is 2.33. The molecule has 1 aliphatic rings. The zero-order valence-electron chi connectivity index (χ0n) is 11.2. The molecule has 0 aliphatic carbocycles. The number of rotatable bonds is 3. The maximum absolute atomic E-state index is 6.15. The minimum Gasteiger partial charge on any atom is -0.371 e. The van der Waals surface area contributed by atoms with Gasteiger partial charge in [0.2, 0.25) is 0 Å². The van der Waals surface area contributed by atoms with E-state index in [-0.39, 0.29) is 0 Å². The van der Waals surface area contributed by atoms with Gasteiger partial charge in [0.25, 0.3) is 0 Å². The fourth-order valence-corrected chi connectivity index (χ4v) is 2.84. The van der Waals surface area contributed by atoms with E-state index in [9.17, 15) is 0 Å². The zero-order valence-corrected chi connectivity index (χ0v) is 11.2. The monoisotopic (exact) mass is 232 g/mol. The highest BCUT2D eigenvalue weighted by atomic mass is 15.2. The number of hydrogen-bond donors (Lipinski definition) is 1. The molecule has 0 radical (unpaired) electrons. The molecule has 1 aromatic rings. The number of nitrogens with two attached hydrogens (primary N) is 1. The molecule has 17 heavy (non-hydrogen) atoms. The highest BCUT2D eigenvalue weighted by Gasteiger charge is 2.26. The van der Waals surface area contributed by atoms with Gasteiger partial charge in [-0.15, -0.1) is 0 Å². The van der Waals surface area contributed by atoms with Gasteiger partial charge >= 0.3 is 0 Å². The van der Waals surface area contributed by atoms with Crippen LogP contribution in [-0.2, 0) is 0 Å². The number of benzene rings is 1. The molecule has 2 atom stereocenters. The third kappa shape index (κ3) is 2.81. The average molecular weight is 232 g/mol. The Bertz CT molecular complexity index is 366. The molecule has 2 N–H and O–H groups in total. The van der Waals surface area contributed by atoms with Crippen LogP contribution in [0, 0.1) is 19.8 Å². The van der Waals surface area contributed by atoms with Crippen LogP contribution in [0.4, 0.5) is 5.69 Å². The summed E-state index contributed by atoms with van der Waals surface area (Å²) in [5.74, 6) is 0.667. The fraction of sp³-hybridized carbons (Fsp3) is 0.600. The van der Waals surface area contributed by atoms with Crippen molar-refractivity contribution in [3.63, 3.8) is 0 Å². The minimum absolute atomic E-state index is 0.367. The van der Waals surface area contributed by atoms with E-state index in [0.29, 0.717) is 12.0 Å². The molecule has 94 valence electrons. The number of aryl methyl sites for hydroxylation is 2. The number of hydrogen-bond acceptors (Lipinski definition) is 2. The minimum atomic E-state index is 0.367. The Labute approximate surface area is 105 Å². The van der Waals surface area contributed by atoms with Crippen molar-refractivity contribution in [2.24, 2.45) is 11.7 Å². The SMILES string of the molecule is CCC(N)C1CCN(c2cc(C)cc(C)c2)C1. The van der Waals surface area contributed by atoms with Crippen LogP contribution >= 0.6 is 0 Å². The quantitative estimate of drug-likeness (QED) is 0.868. The first kappa shape index (κ1) is 12.4. The molecule has 0 saturated carbocycles. The molecule has 0 bridgehead atoms. The highest BCUT2D eigenvalue weighted by Crippen LogP contribution is 2.27. The molecule has 1 heterocycles. The first-order chi connectivity index (χ1) is 8.10. The summed E-state index contributed by atoms with van der Waals surface area (Å²) in [6.45, 7) is 8.80. The molecule has 1 fully saturated rings. The van der Waals surface area contributed by atoms with Gasteiger partial charge in [-0.2, -0.15) is 0 Å². The van der Waals surface area contributed by atoms with Crippen molar-refractivity contribution in [3.8, 4) is 0 Å². The second-order valence-corrected chi connectivity index (χ2v) is 5.41. The van der Waals surface area contributed by atoms with Crippen LogP contribution in [0.1, 0.15) is 30.9 Å². The first-order valence-electron chi connectivity index (χ1n) is 6.69. The van der Waals surface area contributed by atoms with Crippen LogP contribution in [0.25, 0.3) is 0 Å². The molecule has 0 amide bonds. The first-order valence-corrected chi connectivity index (χ1v) is 6.69. The largest absolute Gasteiger partial charge is 0.371 e. The summed E-state index contributed by atoms with van der Waals surface area (Å²) >= 11 is 0. The number of nitrogens with zero attached hydrogens (tertiary/aromatic N) is 1. The topological polar surface area (TPSA) is 29.3 Å². The Balaban J connectivity index is 2.09. The van der Waals surface area contributed by atoms with E-state index >= 15 is 0 Å². The molecule has 2 heteroatoms. The second-order valence-electron chi connectivity index (χ2n) is 5.41. The molecule has 1 aromatic carbocycles. The lowest BCUT2D eigenvalue weighted by Crippen LogP contribution is -2.31. The molecule has 2 nitrogen and oxygen atoms in total. The molecule has 0 aromatic heterocycles. The van der Waals surface area contributed by atoms with E-state index in [1.165, 1.54) is 23.2 Å². The van der Waals surface area contributed by atoms with Crippen LogP contribution in [0.15, 0.2) is 18.2 Å². The molecule has 2 rings (SSSR count). The third-order valence-corrected chi connectivity index (χ3v) is 3.87. The van der Waals surface area contributed by atoms with Crippen LogP contribution in [-0.4, -0.2) is 19.1 Å². The van der Waals surface area contributed by atoms with Gasteiger partial charge in [0.15, 0.2) is 0 Å². The molecule has 1 saturated heterocycles. The Morgan fingerprint density at radius 3 is 2.53 bits per heavy atom. The highest BCUT2D eigenvalue weighted by molar-refractivity contribution is 5.51. The average Bonchev–Trinajstić information content (AvgIpc) is 2.76. The lowest BCUT2D eigenvalue weighted by atomic mass is 9.98. The summed E-state index contributed by atoms with van der Waals surface area (Å²) in [6, 6.07) is 7.17. The summed E-state index contributed by atoms with van der Waals surface area (Å²) in [7, 11) is 0. The summed E-state index contributed by atoms with van der Waals surface area (Å²) in [5.41, 5.74) is 10.2. The lowest BCUT2D eigenvalue weighted by molar-refractivity contribution is 0.447.